The van der Waals surface area contributed by atoms with Crippen LogP contribution in [-0.2, 0) is 4.79 Å². The average molecular weight is 153 g/mol. The molecule has 2 aliphatic heterocycles. The van der Waals surface area contributed by atoms with Crippen molar-refractivity contribution in [1.82, 2.24) is 4.90 Å². The molecule has 2 heteroatoms. The highest BCUT2D eigenvalue weighted by molar-refractivity contribution is 5.77. The number of carbonyl (C=O) groups excluding carboxylic acids is 1. The third kappa shape index (κ3) is 1.15. The minimum Gasteiger partial charge on any atom is -0.340 e. The molecule has 11 heavy (non-hydrogen) atoms. The van der Waals surface area contributed by atoms with Crippen LogP contribution in [0.2, 0.25) is 0 Å². The molecule has 2 atom stereocenters. The lowest BCUT2D eigenvalue weighted by molar-refractivity contribution is -0.136. The van der Waals surface area contributed by atoms with Crippen molar-refractivity contribution >= 4 is 5.91 Å². The molecule has 0 aliphatic carbocycles. The van der Waals surface area contributed by atoms with Gasteiger partial charge in [0.1, 0.15) is 0 Å². The Morgan fingerprint density at radius 2 is 2.36 bits per heavy atom. The molecule has 0 aromatic carbocycles. The first kappa shape index (κ1) is 7.14. The zero-order chi connectivity index (χ0) is 7.84. The molecule has 0 radical (unpaired) electrons. The highest BCUT2D eigenvalue weighted by Gasteiger charge is 2.34. The summed E-state index contributed by atoms with van der Waals surface area (Å²) in [5, 5.41) is 0. The molecule has 0 aromatic rings. The standard InChI is InChI=1S/C9H15NO/c1-7-5-8-3-2-4-10(8)9(11)6-7/h7-8H,2-6H2,1H3/t7-,8+/m0/s1. The lowest BCUT2D eigenvalue weighted by Crippen LogP contribution is -2.41. The summed E-state index contributed by atoms with van der Waals surface area (Å²) in [5.74, 6) is 1.02. The Labute approximate surface area is 67.6 Å². The maximum absolute atomic E-state index is 11.4. The Kier molecular flexibility index (Phi) is 1.63. The summed E-state index contributed by atoms with van der Waals surface area (Å²) in [6.45, 7) is 3.21. The van der Waals surface area contributed by atoms with Crippen LogP contribution in [0.1, 0.15) is 32.6 Å². The smallest absolute Gasteiger partial charge is 0.223 e. The van der Waals surface area contributed by atoms with E-state index in [4.69, 9.17) is 0 Å². The summed E-state index contributed by atoms with van der Waals surface area (Å²) in [7, 11) is 0. The van der Waals surface area contributed by atoms with Crippen LogP contribution in [-0.4, -0.2) is 23.4 Å². The van der Waals surface area contributed by atoms with Crippen LogP contribution >= 0.6 is 0 Å². The summed E-state index contributed by atoms with van der Waals surface area (Å²) in [5.41, 5.74) is 0. The van der Waals surface area contributed by atoms with Crippen LogP contribution in [0.15, 0.2) is 0 Å². The van der Waals surface area contributed by atoms with E-state index < -0.39 is 0 Å². The first-order valence-electron chi connectivity index (χ1n) is 4.57. The van der Waals surface area contributed by atoms with Crippen molar-refractivity contribution in [1.29, 1.82) is 0 Å². The summed E-state index contributed by atoms with van der Waals surface area (Å²) >= 11 is 0. The van der Waals surface area contributed by atoms with Crippen molar-refractivity contribution in [3.8, 4) is 0 Å². The molecule has 0 N–H and O–H groups in total. The monoisotopic (exact) mass is 153 g/mol. The maximum Gasteiger partial charge on any atom is 0.223 e. The number of piperidine rings is 1. The number of nitrogens with zero attached hydrogens (tertiary/aromatic N) is 1. The summed E-state index contributed by atoms with van der Waals surface area (Å²) in [6.07, 6.45) is 4.50. The first-order valence-corrected chi connectivity index (χ1v) is 4.57. The fourth-order valence-corrected chi connectivity index (χ4v) is 2.37. The van der Waals surface area contributed by atoms with E-state index >= 15 is 0 Å². The predicted molar refractivity (Wildman–Crippen MR) is 43.1 cm³/mol. The van der Waals surface area contributed by atoms with E-state index in [1.54, 1.807) is 0 Å². The molecule has 1 amide bonds. The zero-order valence-electron chi connectivity index (χ0n) is 7.05. The molecule has 0 saturated carbocycles. The van der Waals surface area contributed by atoms with Gasteiger partial charge in [-0.1, -0.05) is 6.92 Å². The molecular weight excluding hydrogens is 138 g/mol. The Morgan fingerprint density at radius 3 is 3.18 bits per heavy atom. The van der Waals surface area contributed by atoms with E-state index in [0.29, 0.717) is 17.9 Å². The molecule has 2 rings (SSSR count). The molecule has 2 heterocycles. The minimum atomic E-state index is 0.395. The van der Waals surface area contributed by atoms with Crippen molar-refractivity contribution in [2.45, 2.75) is 38.6 Å². The average Bonchev–Trinajstić information content (AvgIpc) is 2.34. The van der Waals surface area contributed by atoms with Crippen molar-refractivity contribution in [2.75, 3.05) is 6.54 Å². The highest BCUT2D eigenvalue weighted by atomic mass is 16.2. The predicted octanol–water partition coefficient (Wildman–Crippen LogP) is 1.41. The van der Waals surface area contributed by atoms with Gasteiger partial charge in [-0.15, -0.1) is 0 Å². The number of fused-ring (bicyclic) bond motifs is 1. The fraction of sp³-hybridized carbons (Fsp3) is 0.889. The van der Waals surface area contributed by atoms with Gasteiger partial charge in [0.05, 0.1) is 0 Å². The van der Waals surface area contributed by atoms with E-state index in [9.17, 15) is 4.79 Å². The molecule has 0 unspecified atom stereocenters. The summed E-state index contributed by atoms with van der Waals surface area (Å²) in [6, 6.07) is 0.603. The molecule has 2 aliphatic rings. The molecule has 62 valence electrons. The van der Waals surface area contributed by atoms with Gasteiger partial charge in [0.25, 0.3) is 0 Å². The fourth-order valence-electron chi connectivity index (χ4n) is 2.37. The number of amides is 1. The van der Waals surface area contributed by atoms with Crippen LogP contribution in [0.3, 0.4) is 0 Å². The summed E-state index contributed by atoms with van der Waals surface area (Å²) in [4.78, 5) is 13.5. The van der Waals surface area contributed by atoms with Crippen LogP contribution in [0.4, 0.5) is 0 Å². The number of hydrogen-bond donors (Lipinski definition) is 0. The zero-order valence-corrected chi connectivity index (χ0v) is 7.05. The third-order valence-corrected chi connectivity index (χ3v) is 2.90. The van der Waals surface area contributed by atoms with Crippen molar-refractivity contribution in [3.63, 3.8) is 0 Å². The molecule has 2 nitrogen and oxygen atoms in total. The SMILES string of the molecule is C[C@@H]1CC(=O)N2CCC[C@@H]2C1. The molecule has 0 bridgehead atoms. The Hall–Kier alpha value is -0.530. The molecule has 2 fully saturated rings. The van der Waals surface area contributed by atoms with Gasteiger partial charge in [-0.05, 0) is 25.2 Å². The summed E-state index contributed by atoms with van der Waals surface area (Å²) < 4.78 is 0. The lowest BCUT2D eigenvalue weighted by Gasteiger charge is -2.32. The quantitative estimate of drug-likeness (QED) is 0.515. The third-order valence-electron chi connectivity index (χ3n) is 2.90. The van der Waals surface area contributed by atoms with Gasteiger partial charge in [0, 0.05) is 19.0 Å². The van der Waals surface area contributed by atoms with E-state index in [0.717, 1.165) is 13.0 Å². The van der Waals surface area contributed by atoms with Gasteiger partial charge in [0.15, 0.2) is 0 Å². The Morgan fingerprint density at radius 1 is 1.55 bits per heavy atom. The van der Waals surface area contributed by atoms with Gasteiger partial charge >= 0.3 is 0 Å². The first-order chi connectivity index (χ1) is 5.27. The van der Waals surface area contributed by atoms with Crippen molar-refractivity contribution in [2.24, 2.45) is 5.92 Å². The van der Waals surface area contributed by atoms with Crippen molar-refractivity contribution < 1.29 is 4.79 Å². The molecule has 2 saturated heterocycles. The molecular formula is C9H15NO. The van der Waals surface area contributed by atoms with Crippen LogP contribution in [0, 0.1) is 5.92 Å². The van der Waals surface area contributed by atoms with Gasteiger partial charge in [-0.3, -0.25) is 4.79 Å². The van der Waals surface area contributed by atoms with Crippen LogP contribution in [0.5, 0.6) is 0 Å². The van der Waals surface area contributed by atoms with E-state index in [1.165, 1.54) is 19.3 Å². The van der Waals surface area contributed by atoms with Gasteiger partial charge in [0.2, 0.25) is 5.91 Å². The minimum absolute atomic E-state index is 0.395. The van der Waals surface area contributed by atoms with E-state index in [2.05, 4.69) is 11.8 Å². The van der Waals surface area contributed by atoms with Gasteiger partial charge < -0.3 is 4.90 Å². The number of hydrogen-bond acceptors (Lipinski definition) is 1. The number of rotatable bonds is 0. The maximum atomic E-state index is 11.4. The highest BCUT2D eigenvalue weighted by Crippen LogP contribution is 2.30. The second-order valence-corrected chi connectivity index (χ2v) is 3.93. The van der Waals surface area contributed by atoms with E-state index in [1.807, 2.05) is 0 Å². The van der Waals surface area contributed by atoms with Crippen molar-refractivity contribution in [3.05, 3.63) is 0 Å². The largest absolute Gasteiger partial charge is 0.340 e. The second-order valence-electron chi connectivity index (χ2n) is 3.93. The second kappa shape index (κ2) is 2.50. The topological polar surface area (TPSA) is 20.3 Å². The molecule has 0 aromatic heterocycles. The lowest BCUT2D eigenvalue weighted by atomic mass is 9.92. The molecule has 0 spiro atoms. The normalized spacial score (nSPS) is 37.5. The van der Waals surface area contributed by atoms with Crippen LogP contribution in [0.25, 0.3) is 0 Å². The van der Waals surface area contributed by atoms with Gasteiger partial charge in [-0.25, -0.2) is 0 Å². The van der Waals surface area contributed by atoms with E-state index in [-0.39, 0.29) is 0 Å². The van der Waals surface area contributed by atoms with Gasteiger partial charge in [-0.2, -0.15) is 0 Å². The Balaban J connectivity index is 2.10. The Bertz CT molecular complexity index is 178. The number of carbonyl (C=O) groups is 1. The van der Waals surface area contributed by atoms with Crippen LogP contribution < -0.4 is 0 Å².